The molecule has 1 amide bonds. The second kappa shape index (κ2) is 9.41. The van der Waals surface area contributed by atoms with Crippen molar-refractivity contribution < 1.29 is 28.9 Å². The average Bonchev–Trinajstić information content (AvgIpc) is 3.03. The van der Waals surface area contributed by atoms with Gasteiger partial charge in [0.25, 0.3) is 5.91 Å². The number of nitrogens with zero attached hydrogens (tertiary/aromatic N) is 2. The van der Waals surface area contributed by atoms with Gasteiger partial charge in [-0.05, 0) is 32.8 Å². The highest BCUT2D eigenvalue weighted by Crippen LogP contribution is 2.26. The second-order valence-electron chi connectivity index (χ2n) is 6.05. The van der Waals surface area contributed by atoms with Gasteiger partial charge in [0, 0.05) is 6.20 Å². The number of amides is 1. The third kappa shape index (κ3) is 5.90. The summed E-state index contributed by atoms with van der Waals surface area (Å²) in [7, 11) is 0. The van der Waals surface area contributed by atoms with Gasteiger partial charge in [-0.2, -0.15) is 4.98 Å². The SMILES string of the molecule is CC(C)OC(=O)COCC(=O)Nc1ccn(C2CCC(CO)O2)c(=O)n1. The maximum Gasteiger partial charge on any atom is 0.351 e. The zero-order chi connectivity index (χ0) is 19.1. The van der Waals surface area contributed by atoms with Gasteiger partial charge in [-0.1, -0.05) is 0 Å². The number of esters is 1. The Morgan fingerprint density at radius 2 is 2.19 bits per heavy atom. The molecular formula is C16H23N3O7. The van der Waals surface area contributed by atoms with Crippen molar-refractivity contribution in [3.05, 3.63) is 22.7 Å². The largest absolute Gasteiger partial charge is 0.461 e. The molecule has 0 aromatic carbocycles. The summed E-state index contributed by atoms with van der Waals surface area (Å²) in [5, 5.41) is 11.5. The van der Waals surface area contributed by atoms with Crippen molar-refractivity contribution in [1.82, 2.24) is 9.55 Å². The standard InChI is InChI=1S/C16H23N3O7/c1-10(2)25-15(22)9-24-8-13(21)17-12-5-6-19(16(23)18-12)14-4-3-11(7-20)26-14/h5-6,10-11,14,20H,3-4,7-9H2,1-2H3,(H,17,18,21,23). The summed E-state index contributed by atoms with van der Waals surface area (Å²) in [5.41, 5.74) is -0.576. The van der Waals surface area contributed by atoms with Crippen LogP contribution in [0.5, 0.6) is 0 Å². The van der Waals surface area contributed by atoms with Crippen molar-refractivity contribution >= 4 is 17.7 Å². The molecule has 10 heteroatoms. The van der Waals surface area contributed by atoms with Crippen LogP contribution in [0.1, 0.15) is 32.9 Å². The molecule has 2 heterocycles. The Bertz CT molecular complexity index is 689. The number of anilines is 1. The van der Waals surface area contributed by atoms with Crippen LogP contribution in [0.15, 0.2) is 17.1 Å². The van der Waals surface area contributed by atoms with Gasteiger partial charge in [-0.25, -0.2) is 9.59 Å². The second-order valence-corrected chi connectivity index (χ2v) is 6.05. The van der Waals surface area contributed by atoms with E-state index in [1.54, 1.807) is 13.8 Å². The highest BCUT2D eigenvalue weighted by Gasteiger charge is 2.26. The van der Waals surface area contributed by atoms with Crippen molar-refractivity contribution in [3.63, 3.8) is 0 Å². The minimum atomic E-state index is -0.576. The van der Waals surface area contributed by atoms with Crippen LogP contribution in [0.25, 0.3) is 0 Å². The lowest BCUT2D eigenvalue weighted by Gasteiger charge is -2.15. The Balaban J connectivity index is 1.82. The van der Waals surface area contributed by atoms with Crippen LogP contribution in [0, 0.1) is 0 Å². The van der Waals surface area contributed by atoms with E-state index in [4.69, 9.17) is 19.3 Å². The fraction of sp³-hybridized carbons (Fsp3) is 0.625. The molecule has 2 rings (SSSR count). The first kappa shape index (κ1) is 20.0. The molecule has 1 saturated heterocycles. The van der Waals surface area contributed by atoms with Crippen molar-refractivity contribution in [2.45, 2.75) is 45.1 Å². The third-order valence-corrected chi connectivity index (χ3v) is 3.52. The Morgan fingerprint density at radius 3 is 2.81 bits per heavy atom. The molecule has 144 valence electrons. The molecule has 0 aliphatic carbocycles. The van der Waals surface area contributed by atoms with E-state index in [9.17, 15) is 14.4 Å². The van der Waals surface area contributed by atoms with E-state index in [0.717, 1.165) is 0 Å². The summed E-state index contributed by atoms with van der Waals surface area (Å²) >= 11 is 0. The molecule has 2 atom stereocenters. The normalized spacial score (nSPS) is 19.5. The van der Waals surface area contributed by atoms with Crippen LogP contribution >= 0.6 is 0 Å². The van der Waals surface area contributed by atoms with Gasteiger partial charge in [0.1, 0.15) is 25.3 Å². The van der Waals surface area contributed by atoms with E-state index in [1.807, 2.05) is 0 Å². The van der Waals surface area contributed by atoms with Crippen molar-refractivity contribution in [3.8, 4) is 0 Å². The smallest absolute Gasteiger partial charge is 0.351 e. The molecule has 2 N–H and O–H groups in total. The number of nitrogens with one attached hydrogen (secondary N) is 1. The van der Waals surface area contributed by atoms with Crippen LogP contribution in [0.3, 0.4) is 0 Å². The molecule has 10 nitrogen and oxygen atoms in total. The number of aromatic nitrogens is 2. The summed E-state index contributed by atoms with van der Waals surface area (Å²) in [6.45, 7) is 2.60. The quantitative estimate of drug-likeness (QED) is 0.604. The molecule has 0 radical (unpaired) electrons. The Kier molecular flexibility index (Phi) is 7.25. The fourth-order valence-corrected chi connectivity index (χ4v) is 2.43. The first-order valence-corrected chi connectivity index (χ1v) is 8.31. The van der Waals surface area contributed by atoms with Crippen LogP contribution in [0.2, 0.25) is 0 Å². The Hall–Kier alpha value is -2.30. The summed E-state index contributed by atoms with van der Waals surface area (Å²) < 4.78 is 16.6. The number of hydrogen-bond acceptors (Lipinski definition) is 8. The van der Waals surface area contributed by atoms with E-state index in [1.165, 1.54) is 16.8 Å². The van der Waals surface area contributed by atoms with Gasteiger partial charge < -0.3 is 24.6 Å². The molecule has 2 unspecified atom stereocenters. The predicted molar refractivity (Wildman–Crippen MR) is 89.4 cm³/mol. The number of carbonyl (C=O) groups excluding carboxylic acids is 2. The molecule has 1 fully saturated rings. The van der Waals surface area contributed by atoms with Gasteiger partial charge in [-0.3, -0.25) is 9.36 Å². The molecule has 0 saturated carbocycles. The fourth-order valence-electron chi connectivity index (χ4n) is 2.43. The maximum absolute atomic E-state index is 12.1. The molecule has 1 aromatic heterocycles. The van der Waals surface area contributed by atoms with Gasteiger partial charge in [0.05, 0.1) is 18.8 Å². The monoisotopic (exact) mass is 369 g/mol. The zero-order valence-electron chi connectivity index (χ0n) is 14.7. The van der Waals surface area contributed by atoms with Crippen LogP contribution in [-0.4, -0.2) is 58.6 Å². The minimum absolute atomic E-state index is 0.0707. The summed E-state index contributed by atoms with van der Waals surface area (Å²) in [6.07, 6.45) is 1.70. The van der Waals surface area contributed by atoms with Crippen molar-refractivity contribution in [2.24, 2.45) is 0 Å². The van der Waals surface area contributed by atoms with Crippen LogP contribution in [-0.2, 0) is 23.8 Å². The van der Waals surface area contributed by atoms with E-state index >= 15 is 0 Å². The first-order valence-electron chi connectivity index (χ1n) is 8.31. The summed E-state index contributed by atoms with van der Waals surface area (Å²) in [4.78, 5) is 38.9. The number of carbonyl (C=O) groups is 2. The number of rotatable bonds is 8. The number of ether oxygens (including phenoxy) is 3. The van der Waals surface area contributed by atoms with Crippen LogP contribution < -0.4 is 11.0 Å². The minimum Gasteiger partial charge on any atom is -0.461 e. The molecule has 1 aromatic rings. The zero-order valence-corrected chi connectivity index (χ0v) is 14.7. The van der Waals surface area contributed by atoms with Gasteiger partial charge in [0.2, 0.25) is 0 Å². The van der Waals surface area contributed by atoms with Crippen molar-refractivity contribution in [1.29, 1.82) is 0 Å². The van der Waals surface area contributed by atoms with E-state index < -0.39 is 23.8 Å². The lowest BCUT2D eigenvalue weighted by Crippen LogP contribution is -2.29. The third-order valence-electron chi connectivity index (χ3n) is 3.52. The van der Waals surface area contributed by atoms with Gasteiger partial charge >= 0.3 is 11.7 Å². The summed E-state index contributed by atoms with van der Waals surface area (Å²) in [6, 6.07) is 1.46. The van der Waals surface area contributed by atoms with Crippen molar-refractivity contribution in [2.75, 3.05) is 25.1 Å². The van der Waals surface area contributed by atoms with Gasteiger partial charge in [-0.15, -0.1) is 0 Å². The highest BCUT2D eigenvalue weighted by atomic mass is 16.6. The van der Waals surface area contributed by atoms with E-state index in [0.29, 0.717) is 12.8 Å². The lowest BCUT2D eigenvalue weighted by atomic mass is 10.2. The Morgan fingerprint density at radius 1 is 1.42 bits per heavy atom. The average molecular weight is 369 g/mol. The van der Waals surface area contributed by atoms with E-state index in [2.05, 4.69) is 10.3 Å². The number of hydrogen-bond donors (Lipinski definition) is 2. The molecular weight excluding hydrogens is 346 g/mol. The predicted octanol–water partition coefficient (Wildman–Crippen LogP) is -0.180. The molecule has 26 heavy (non-hydrogen) atoms. The topological polar surface area (TPSA) is 129 Å². The first-order chi connectivity index (χ1) is 12.4. The van der Waals surface area contributed by atoms with E-state index in [-0.39, 0.29) is 37.8 Å². The molecule has 1 aliphatic rings. The maximum atomic E-state index is 12.1. The molecule has 1 aliphatic heterocycles. The number of aliphatic hydroxyl groups excluding tert-OH is 1. The number of aliphatic hydroxyl groups is 1. The van der Waals surface area contributed by atoms with Crippen LogP contribution in [0.4, 0.5) is 5.82 Å². The highest BCUT2D eigenvalue weighted by molar-refractivity contribution is 5.90. The molecule has 0 bridgehead atoms. The summed E-state index contributed by atoms with van der Waals surface area (Å²) in [5.74, 6) is -1.04. The van der Waals surface area contributed by atoms with Gasteiger partial charge in [0.15, 0.2) is 0 Å². The Labute approximate surface area is 150 Å². The lowest BCUT2D eigenvalue weighted by molar-refractivity contribution is -0.153. The molecule has 0 spiro atoms.